The quantitative estimate of drug-likeness (QED) is 0.169. The maximum absolute atomic E-state index is 6.41. The number of anilines is 3. The second-order valence-electron chi connectivity index (χ2n) is 17.0. The molecule has 0 aliphatic heterocycles. The van der Waals surface area contributed by atoms with Crippen LogP contribution < -0.4 is 4.90 Å². The lowest BCUT2D eigenvalue weighted by molar-refractivity contribution is 0.619. The molecule has 0 N–H and O–H groups in total. The highest BCUT2D eigenvalue weighted by atomic mass is 16.3. The number of benzene rings is 8. The van der Waals surface area contributed by atoms with E-state index in [0.29, 0.717) is 0 Å². The van der Waals surface area contributed by atoms with Gasteiger partial charge in [0.2, 0.25) is 0 Å². The molecule has 11 rings (SSSR count). The van der Waals surface area contributed by atoms with Gasteiger partial charge in [-0.05, 0) is 110 Å². The third-order valence-corrected chi connectivity index (χ3v) is 12.9. The number of hydrogen-bond donors (Lipinski definition) is 0. The minimum absolute atomic E-state index is 0.0889. The lowest BCUT2D eigenvalue weighted by Crippen LogP contribution is -2.16. The summed E-state index contributed by atoms with van der Waals surface area (Å²) in [4.78, 5) is 2.39. The van der Waals surface area contributed by atoms with Crippen molar-refractivity contribution in [1.29, 1.82) is 0 Å². The van der Waals surface area contributed by atoms with Gasteiger partial charge in [-0.1, -0.05) is 167 Å². The smallest absolute Gasteiger partial charge is 0.139 e. The van der Waals surface area contributed by atoms with Gasteiger partial charge in [0, 0.05) is 44.4 Å². The third-order valence-electron chi connectivity index (χ3n) is 12.9. The van der Waals surface area contributed by atoms with Gasteiger partial charge in [-0.25, -0.2) is 0 Å². The fourth-order valence-corrected chi connectivity index (χ4v) is 9.80. The molecular formula is C56H43NO. The van der Waals surface area contributed by atoms with Gasteiger partial charge in [0.05, 0.1) is 0 Å². The van der Waals surface area contributed by atoms with Gasteiger partial charge in [0.15, 0.2) is 0 Å². The molecule has 1 aromatic heterocycles. The molecule has 2 heteroatoms. The monoisotopic (exact) mass is 745 g/mol. The topological polar surface area (TPSA) is 16.4 Å². The minimum Gasteiger partial charge on any atom is -0.456 e. The lowest BCUT2D eigenvalue weighted by atomic mass is 9.80. The van der Waals surface area contributed by atoms with E-state index in [0.717, 1.165) is 28.4 Å². The van der Waals surface area contributed by atoms with Crippen molar-refractivity contribution in [3.8, 4) is 55.8 Å². The van der Waals surface area contributed by atoms with Gasteiger partial charge in [-0.3, -0.25) is 0 Å². The molecule has 0 unspecified atom stereocenters. The summed E-state index contributed by atoms with van der Waals surface area (Å²) in [5, 5.41) is 1.21. The third kappa shape index (κ3) is 5.25. The fourth-order valence-electron chi connectivity index (χ4n) is 9.80. The van der Waals surface area contributed by atoms with E-state index in [-0.39, 0.29) is 10.8 Å². The summed E-state index contributed by atoms with van der Waals surface area (Å²) in [5.74, 6) is 1.01. The molecule has 0 atom stereocenters. The second kappa shape index (κ2) is 12.8. The van der Waals surface area contributed by atoms with Crippen LogP contribution in [-0.2, 0) is 10.8 Å². The van der Waals surface area contributed by atoms with Crippen molar-refractivity contribution >= 4 is 28.0 Å². The fraction of sp³-hybridized carbons (Fsp3) is 0.107. The highest BCUT2D eigenvalue weighted by Gasteiger charge is 2.40. The molecule has 8 aromatic carbocycles. The molecule has 9 aromatic rings. The Balaban J connectivity index is 0.919. The highest BCUT2D eigenvalue weighted by molar-refractivity contribution is 5.95. The van der Waals surface area contributed by atoms with Gasteiger partial charge in [0.25, 0.3) is 0 Å². The number of furan rings is 1. The van der Waals surface area contributed by atoms with Crippen LogP contribution in [0.2, 0.25) is 0 Å². The molecule has 0 fully saturated rings. The maximum Gasteiger partial charge on any atom is 0.139 e. The van der Waals surface area contributed by atoms with Gasteiger partial charge < -0.3 is 9.32 Å². The van der Waals surface area contributed by atoms with Crippen LogP contribution in [0.25, 0.3) is 66.8 Å². The predicted octanol–water partition coefficient (Wildman–Crippen LogP) is 15.5. The zero-order valence-corrected chi connectivity index (χ0v) is 33.3. The zero-order valence-electron chi connectivity index (χ0n) is 33.3. The average molecular weight is 746 g/mol. The van der Waals surface area contributed by atoms with Crippen LogP contribution in [0.1, 0.15) is 49.9 Å². The van der Waals surface area contributed by atoms with Crippen molar-refractivity contribution < 1.29 is 4.42 Å². The first-order valence-electron chi connectivity index (χ1n) is 20.3. The molecule has 0 radical (unpaired) electrons. The molecule has 0 spiro atoms. The van der Waals surface area contributed by atoms with E-state index in [1.807, 2.05) is 6.07 Å². The summed E-state index contributed by atoms with van der Waals surface area (Å²) in [6.07, 6.45) is 0. The molecular weight excluding hydrogens is 703 g/mol. The zero-order chi connectivity index (χ0) is 39.2. The largest absolute Gasteiger partial charge is 0.456 e. The first kappa shape index (κ1) is 34.4. The molecule has 58 heavy (non-hydrogen) atoms. The van der Waals surface area contributed by atoms with Crippen LogP contribution in [0.5, 0.6) is 0 Å². The van der Waals surface area contributed by atoms with Crippen LogP contribution in [0.3, 0.4) is 0 Å². The van der Waals surface area contributed by atoms with E-state index in [1.54, 1.807) is 0 Å². The molecule has 2 aliphatic carbocycles. The SMILES string of the molecule is CC1(C)c2ccccc2-c2ccc(N(c3ccc(-c4ccccc4)cc3)c3ccc(-c4ccc(-c5ccc6c(c5)C(C)(C)c5c-6oc6ccccc56)cc4)cc3)cc21. The highest BCUT2D eigenvalue weighted by Crippen LogP contribution is 2.54. The van der Waals surface area contributed by atoms with E-state index in [2.05, 4.69) is 215 Å². The Labute approximate surface area is 340 Å². The van der Waals surface area contributed by atoms with Crippen molar-refractivity contribution in [3.05, 3.63) is 210 Å². The van der Waals surface area contributed by atoms with Gasteiger partial charge in [-0.15, -0.1) is 0 Å². The first-order chi connectivity index (χ1) is 28.3. The maximum atomic E-state index is 6.41. The Bertz CT molecular complexity index is 3020. The normalized spacial score (nSPS) is 14.1. The van der Waals surface area contributed by atoms with Crippen LogP contribution >= 0.6 is 0 Å². The summed E-state index contributed by atoms with van der Waals surface area (Å²) in [6, 6.07) is 68.7. The minimum atomic E-state index is -0.145. The molecule has 278 valence electrons. The number of nitrogens with zero attached hydrogens (tertiary/aromatic N) is 1. The predicted molar refractivity (Wildman–Crippen MR) is 242 cm³/mol. The second-order valence-corrected chi connectivity index (χ2v) is 17.0. The summed E-state index contributed by atoms with van der Waals surface area (Å²) >= 11 is 0. The van der Waals surface area contributed by atoms with E-state index in [9.17, 15) is 0 Å². The van der Waals surface area contributed by atoms with E-state index < -0.39 is 0 Å². The van der Waals surface area contributed by atoms with Crippen LogP contribution in [0, 0.1) is 0 Å². The Hall–Kier alpha value is -6.90. The Kier molecular flexibility index (Phi) is 7.59. The molecule has 2 aliphatic rings. The number of fused-ring (bicyclic) bond motifs is 8. The molecule has 0 saturated heterocycles. The summed E-state index contributed by atoms with van der Waals surface area (Å²) in [6.45, 7) is 9.34. The number of hydrogen-bond acceptors (Lipinski definition) is 2. The molecule has 0 amide bonds. The van der Waals surface area contributed by atoms with Crippen LogP contribution in [0.4, 0.5) is 17.1 Å². The number of rotatable bonds is 6. The molecule has 0 saturated carbocycles. The van der Waals surface area contributed by atoms with E-state index >= 15 is 0 Å². The Morgan fingerprint density at radius 1 is 0.362 bits per heavy atom. The molecule has 0 bridgehead atoms. The van der Waals surface area contributed by atoms with Gasteiger partial charge in [0.1, 0.15) is 11.3 Å². The van der Waals surface area contributed by atoms with Crippen molar-refractivity contribution in [1.82, 2.24) is 0 Å². The van der Waals surface area contributed by atoms with E-state index in [1.165, 1.54) is 77.7 Å². The van der Waals surface area contributed by atoms with Crippen molar-refractivity contribution in [2.75, 3.05) is 4.90 Å². The Morgan fingerprint density at radius 2 is 0.845 bits per heavy atom. The first-order valence-corrected chi connectivity index (χ1v) is 20.3. The van der Waals surface area contributed by atoms with Crippen LogP contribution in [0.15, 0.2) is 192 Å². The Morgan fingerprint density at radius 3 is 1.53 bits per heavy atom. The summed E-state index contributed by atoms with van der Waals surface area (Å²) in [7, 11) is 0. The van der Waals surface area contributed by atoms with Gasteiger partial charge in [-0.2, -0.15) is 0 Å². The molecule has 1 heterocycles. The number of para-hydroxylation sites is 1. The van der Waals surface area contributed by atoms with E-state index in [4.69, 9.17) is 4.42 Å². The van der Waals surface area contributed by atoms with Crippen molar-refractivity contribution in [2.45, 2.75) is 38.5 Å². The van der Waals surface area contributed by atoms with Crippen LogP contribution in [-0.4, -0.2) is 0 Å². The van der Waals surface area contributed by atoms with Crippen molar-refractivity contribution in [3.63, 3.8) is 0 Å². The summed E-state index contributed by atoms with van der Waals surface area (Å²) in [5.41, 5.74) is 20.6. The van der Waals surface area contributed by atoms with Gasteiger partial charge >= 0.3 is 0 Å². The summed E-state index contributed by atoms with van der Waals surface area (Å²) < 4.78 is 6.41. The molecule has 2 nitrogen and oxygen atoms in total. The lowest BCUT2D eigenvalue weighted by Gasteiger charge is -2.28. The van der Waals surface area contributed by atoms with Crippen molar-refractivity contribution in [2.24, 2.45) is 0 Å². The standard InChI is InChI=1S/C56H43NO/c1-55(2)49-16-10-8-14-45(49)46-33-31-44(35-51(46)55)57(42-27-22-38(23-28-42)36-12-6-5-7-13-36)43-29-24-39(25-30-43)37-18-20-40(21-19-37)41-26-32-47-50(34-41)56(3,4)53-48-15-9-11-17-52(48)58-54(47)53/h5-35H,1-4H3. The average Bonchev–Trinajstić information content (AvgIpc) is 3.85.